The number of likely N-dealkylation sites (N-methyl/N-ethyl adjacent to an activating group) is 1. The van der Waals surface area contributed by atoms with Crippen molar-refractivity contribution in [1.29, 1.82) is 0 Å². The van der Waals surface area contributed by atoms with Crippen molar-refractivity contribution in [1.82, 2.24) is 19.6 Å². The lowest BCUT2D eigenvalue weighted by Crippen LogP contribution is -3.11. The van der Waals surface area contributed by atoms with E-state index in [0.717, 1.165) is 40.5 Å². The first-order valence-electron chi connectivity index (χ1n) is 9.16. The Balaban J connectivity index is 1.85. The van der Waals surface area contributed by atoms with Crippen molar-refractivity contribution in [2.45, 2.75) is 52.9 Å². The minimum Gasteiger partial charge on any atom is -0.391 e. The lowest BCUT2D eigenvalue weighted by atomic mass is 9.94. The number of ether oxygens (including phenoxy) is 1. The molecule has 1 atom stereocenters. The monoisotopic (exact) mass is 376 g/mol. The molecule has 0 bridgehead atoms. The Bertz CT molecular complexity index is 962. The van der Waals surface area contributed by atoms with E-state index in [9.17, 15) is 5.11 Å². The third kappa shape index (κ3) is 3.00. The van der Waals surface area contributed by atoms with Crippen LogP contribution >= 0.6 is 11.3 Å². The van der Waals surface area contributed by atoms with E-state index in [2.05, 4.69) is 20.8 Å². The van der Waals surface area contributed by atoms with Crippen LogP contribution in [-0.2, 0) is 24.3 Å². The first-order valence-corrected chi connectivity index (χ1v) is 9.98. The van der Waals surface area contributed by atoms with Crippen molar-refractivity contribution in [3.63, 3.8) is 0 Å². The molecule has 0 spiro atoms. The molecule has 0 aliphatic carbocycles. The smallest absolute Gasteiger partial charge is 0.206 e. The van der Waals surface area contributed by atoms with E-state index in [1.807, 2.05) is 11.4 Å². The van der Waals surface area contributed by atoms with Crippen LogP contribution in [0.3, 0.4) is 0 Å². The molecule has 4 rings (SSSR count). The molecule has 0 saturated carbocycles. The Morgan fingerprint density at radius 2 is 2.15 bits per heavy atom. The molecule has 140 valence electrons. The van der Waals surface area contributed by atoms with Gasteiger partial charge in [-0.2, -0.15) is 4.52 Å². The summed E-state index contributed by atoms with van der Waals surface area (Å²) in [4.78, 5) is 13.2. The number of aromatic nitrogens is 4. The van der Waals surface area contributed by atoms with Gasteiger partial charge in [-0.25, -0.2) is 9.97 Å². The summed E-state index contributed by atoms with van der Waals surface area (Å²) in [5.41, 5.74) is 2.04. The number of aliphatic hydroxyl groups excluding tert-OH is 1. The first-order chi connectivity index (χ1) is 12.4. The number of quaternary nitrogens is 1. The third-order valence-electron chi connectivity index (χ3n) is 5.09. The summed E-state index contributed by atoms with van der Waals surface area (Å²) in [5.74, 6) is 1.66. The quantitative estimate of drug-likeness (QED) is 0.692. The second kappa shape index (κ2) is 6.53. The topological polar surface area (TPSA) is 77.0 Å². The fraction of sp³-hybridized carbons (Fsp3) is 0.611. The van der Waals surface area contributed by atoms with Crippen molar-refractivity contribution in [3.05, 3.63) is 22.1 Å². The molecule has 0 radical (unpaired) electrons. The molecule has 7 nitrogen and oxygen atoms in total. The molecule has 0 saturated heterocycles. The highest BCUT2D eigenvalue weighted by atomic mass is 32.1. The molecule has 1 aliphatic rings. The van der Waals surface area contributed by atoms with Crippen molar-refractivity contribution in [2.24, 2.45) is 0 Å². The third-order valence-corrected chi connectivity index (χ3v) is 6.19. The highest BCUT2D eigenvalue weighted by molar-refractivity contribution is 7.19. The Labute approximate surface area is 156 Å². The van der Waals surface area contributed by atoms with E-state index < -0.39 is 0 Å². The Hall–Kier alpha value is -1.61. The molecule has 1 unspecified atom stereocenters. The maximum Gasteiger partial charge on any atom is 0.206 e. The van der Waals surface area contributed by atoms with Crippen molar-refractivity contribution < 1.29 is 14.7 Å². The Kier molecular flexibility index (Phi) is 4.46. The van der Waals surface area contributed by atoms with Gasteiger partial charge in [0, 0.05) is 11.3 Å². The minimum atomic E-state index is -0.171. The summed E-state index contributed by atoms with van der Waals surface area (Å²) in [5, 5.41) is 15.1. The maximum atomic E-state index is 9.24. The number of hydrogen-bond donors (Lipinski definition) is 2. The van der Waals surface area contributed by atoms with Crippen LogP contribution in [0.5, 0.6) is 0 Å². The molecule has 8 heteroatoms. The fourth-order valence-electron chi connectivity index (χ4n) is 3.63. The number of aryl methyl sites for hydroxylation is 1. The van der Waals surface area contributed by atoms with Gasteiger partial charge in [-0.15, -0.1) is 16.4 Å². The zero-order valence-corrected chi connectivity index (χ0v) is 16.6. The summed E-state index contributed by atoms with van der Waals surface area (Å²) in [7, 11) is 0. The van der Waals surface area contributed by atoms with Crippen molar-refractivity contribution in [3.8, 4) is 0 Å². The number of aliphatic hydroxyl groups is 1. The lowest BCUT2D eigenvalue weighted by Gasteiger charge is -2.30. The SMILES string of the molecule is CC[NH+](CCO)Cc1nc2c3c4c(sc3nc(C)n2n1)COC(C)(C)C4. The standard InChI is InChI=1S/C18H25N5O2S/c1-5-22(6-7-24)9-14-20-16-15-12-8-18(3,4)25-10-13(12)26-17(15)19-11(2)23(16)21-14/h24H,5-10H2,1-4H3/p+1. The average molecular weight is 377 g/mol. The number of hydrogen-bond acceptors (Lipinski definition) is 6. The van der Waals surface area contributed by atoms with E-state index in [4.69, 9.17) is 19.8 Å². The van der Waals surface area contributed by atoms with Gasteiger partial charge in [0.2, 0.25) is 5.82 Å². The summed E-state index contributed by atoms with van der Waals surface area (Å²) in [6.07, 6.45) is 0.863. The predicted octanol–water partition coefficient (Wildman–Crippen LogP) is 0.896. The van der Waals surface area contributed by atoms with Gasteiger partial charge in [0.05, 0.1) is 30.7 Å². The highest BCUT2D eigenvalue weighted by Gasteiger charge is 2.31. The highest BCUT2D eigenvalue weighted by Crippen LogP contribution is 2.39. The first kappa shape index (κ1) is 17.8. The molecule has 0 aromatic carbocycles. The largest absolute Gasteiger partial charge is 0.391 e. The van der Waals surface area contributed by atoms with E-state index in [1.165, 1.54) is 15.3 Å². The maximum absolute atomic E-state index is 9.24. The molecule has 0 amide bonds. The number of nitrogens with zero attached hydrogens (tertiary/aromatic N) is 4. The van der Waals surface area contributed by atoms with Crippen LogP contribution in [0.1, 0.15) is 42.9 Å². The van der Waals surface area contributed by atoms with E-state index >= 15 is 0 Å². The van der Waals surface area contributed by atoms with Gasteiger partial charge in [-0.05, 0) is 33.3 Å². The minimum absolute atomic E-state index is 0.171. The van der Waals surface area contributed by atoms with Crippen molar-refractivity contribution in [2.75, 3.05) is 19.7 Å². The molecular formula is C18H26N5O2S+. The Morgan fingerprint density at radius 3 is 2.88 bits per heavy atom. The zero-order valence-electron chi connectivity index (χ0n) is 15.8. The van der Waals surface area contributed by atoms with Crippen LogP contribution in [0.25, 0.3) is 15.9 Å². The summed E-state index contributed by atoms with van der Waals surface area (Å²) in [6.45, 7) is 11.5. The van der Waals surface area contributed by atoms with Gasteiger partial charge in [0.15, 0.2) is 5.65 Å². The number of fused-ring (bicyclic) bond motifs is 5. The average Bonchev–Trinajstić information content (AvgIpc) is 3.14. The van der Waals surface area contributed by atoms with Crippen molar-refractivity contribution >= 4 is 27.2 Å². The normalized spacial score (nSPS) is 17.7. The summed E-state index contributed by atoms with van der Waals surface area (Å²) >= 11 is 1.71. The van der Waals surface area contributed by atoms with Crippen LogP contribution in [0.15, 0.2) is 0 Å². The van der Waals surface area contributed by atoms with Gasteiger partial charge in [0.1, 0.15) is 23.7 Å². The van der Waals surface area contributed by atoms with Crippen LogP contribution in [0, 0.1) is 6.92 Å². The van der Waals surface area contributed by atoms with E-state index in [-0.39, 0.29) is 12.2 Å². The molecule has 26 heavy (non-hydrogen) atoms. The second-order valence-corrected chi connectivity index (χ2v) is 8.67. The predicted molar refractivity (Wildman–Crippen MR) is 101 cm³/mol. The zero-order chi connectivity index (χ0) is 18.5. The van der Waals surface area contributed by atoms with Gasteiger partial charge < -0.3 is 14.7 Å². The molecule has 1 aliphatic heterocycles. The second-order valence-electron chi connectivity index (χ2n) is 7.59. The summed E-state index contributed by atoms with van der Waals surface area (Å²) in [6, 6.07) is 0. The van der Waals surface area contributed by atoms with Crippen LogP contribution in [0.4, 0.5) is 0 Å². The van der Waals surface area contributed by atoms with Gasteiger partial charge in [-0.1, -0.05) is 0 Å². The molecule has 3 aromatic rings. The van der Waals surface area contributed by atoms with Crippen LogP contribution < -0.4 is 4.90 Å². The fourth-order valence-corrected chi connectivity index (χ4v) is 4.77. The summed E-state index contributed by atoms with van der Waals surface area (Å²) < 4.78 is 7.85. The van der Waals surface area contributed by atoms with E-state index in [1.54, 1.807) is 11.3 Å². The molecular weight excluding hydrogens is 350 g/mol. The van der Waals surface area contributed by atoms with Crippen LogP contribution in [-0.4, -0.2) is 50.0 Å². The molecule has 3 aromatic heterocycles. The number of thiophene rings is 1. The molecule has 0 fully saturated rings. The molecule has 2 N–H and O–H groups in total. The van der Waals surface area contributed by atoms with Gasteiger partial charge in [0.25, 0.3) is 0 Å². The van der Waals surface area contributed by atoms with Crippen LogP contribution in [0.2, 0.25) is 0 Å². The van der Waals surface area contributed by atoms with Gasteiger partial charge >= 0.3 is 0 Å². The number of nitrogens with one attached hydrogen (secondary N) is 1. The lowest BCUT2D eigenvalue weighted by molar-refractivity contribution is -0.913. The number of rotatable bonds is 5. The molecule has 4 heterocycles. The van der Waals surface area contributed by atoms with Gasteiger partial charge in [-0.3, -0.25) is 0 Å². The van der Waals surface area contributed by atoms with E-state index in [0.29, 0.717) is 19.7 Å². The Morgan fingerprint density at radius 1 is 1.35 bits per heavy atom.